The van der Waals surface area contributed by atoms with Crippen molar-refractivity contribution in [2.75, 3.05) is 12.3 Å². The van der Waals surface area contributed by atoms with E-state index in [1.54, 1.807) is 18.2 Å². The lowest BCUT2D eigenvalue weighted by Crippen LogP contribution is -2.23. The van der Waals surface area contributed by atoms with Crippen LogP contribution in [-0.2, 0) is 11.2 Å². The molecule has 0 spiro atoms. The Balaban J connectivity index is 1.77. The molecule has 0 radical (unpaired) electrons. The molecule has 0 aliphatic rings. The molecule has 0 aromatic heterocycles. The maximum atomic E-state index is 11.7. The Labute approximate surface area is 129 Å². The van der Waals surface area contributed by atoms with Gasteiger partial charge in [-0.15, -0.1) is 0 Å². The van der Waals surface area contributed by atoms with Gasteiger partial charge >= 0.3 is 0 Å². The second kappa shape index (κ2) is 7.50. The summed E-state index contributed by atoms with van der Waals surface area (Å²) >= 11 is 5.80. The molecule has 21 heavy (non-hydrogen) atoms. The van der Waals surface area contributed by atoms with Crippen LogP contribution in [0, 0.1) is 0 Å². The zero-order valence-corrected chi connectivity index (χ0v) is 12.3. The van der Waals surface area contributed by atoms with E-state index < -0.39 is 0 Å². The van der Waals surface area contributed by atoms with E-state index >= 15 is 0 Å². The normalized spacial score (nSPS) is 10.7. The summed E-state index contributed by atoms with van der Waals surface area (Å²) in [6, 6.07) is 15.0. The SMILES string of the molecule is Nc1ccc(CCNC(=O)C=Cc2ccc(Cl)cc2)cc1. The molecule has 0 bridgehead atoms. The molecule has 108 valence electrons. The number of halogens is 1. The molecular formula is C17H17ClN2O. The van der Waals surface area contributed by atoms with Gasteiger partial charge in [0.1, 0.15) is 0 Å². The Hall–Kier alpha value is -2.26. The number of rotatable bonds is 5. The van der Waals surface area contributed by atoms with Crippen molar-refractivity contribution < 1.29 is 4.79 Å². The molecule has 3 N–H and O–H groups in total. The second-order valence-electron chi connectivity index (χ2n) is 4.67. The summed E-state index contributed by atoms with van der Waals surface area (Å²) < 4.78 is 0. The van der Waals surface area contributed by atoms with Gasteiger partial charge in [0, 0.05) is 23.3 Å². The fourth-order valence-electron chi connectivity index (χ4n) is 1.82. The maximum absolute atomic E-state index is 11.7. The number of hydrogen-bond acceptors (Lipinski definition) is 2. The number of hydrogen-bond donors (Lipinski definition) is 2. The molecule has 0 saturated carbocycles. The monoisotopic (exact) mass is 300 g/mol. The summed E-state index contributed by atoms with van der Waals surface area (Å²) in [5, 5.41) is 3.52. The van der Waals surface area contributed by atoms with Gasteiger partial charge in [-0.2, -0.15) is 0 Å². The number of carbonyl (C=O) groups is 1. The molecule has 2 aromatic carbocycles. The van der Waals surface area contributed by atoms with Crippen molar-refractivity contribution in [2.45, 2.75) is 6.42 Å². The first-order valence-electron chi connectivity index (χ1n) is 6.69. The van der Waals surface area contributed by atoms with Gasteiger partial charge in [-0.3, -0.25) is 4.79 Å². The molecule has 0 aliphatic carbocycles. The van der Waals surface area contributed by atoms with Gasteiger partial charge in [-0.1, -0.05) is 35.9 Å². The topological polar surface area (TPSA) is 55.1 Å². The number of amides is 1. The van der Waals surface area contributed by atoms with Crippen LogP contribution in [0.15, 0.2) is 54.6 Å². The smallest absolute Gasteiger partial charge is 0.244 e. The third kappa shape index (κ3) is 5.32. The summed E-state index contributed by atoms with van der Waals surface area (Å²) in [4.78, 5) is 11.7. The summed E-state index contributed by atoms with van der Waals surface area (Å²) in [5.74, 6) is -0.111. The van der Waals surface area contributed by atoms with Crippen LogP contribution in [0.5, 0.6) is 0 Å². The second-order valence-corrected chi connectivity index (χ2v) is 5.10. The van der Waals surface area contributed by atoms with E-state index in [0.29, 0.717) is 11.6 Å². The highest BCUT2D eigenvalue weighted by molar-refractivity contribution is 6.30. The lowest BCUT2D eigenvalue weighted by molar-refractivity contribution is -0.116. The predicted octanol–water partition coefficient (Wildman–Crippen LogP) is 3.29. The van der Waals surface area contributed by atoms with E-state index in [-0.39, 0.29) is 5.91 Å². The third-order valence-corrected chi connectivity index (χ3v) is 3.24. The quantitative estimate of drug-likeness (QED) is 0.657. The van der Waals surface area contributed by atoms with Crippen LogP contribution in [0.1, 0.15) is 11.1 Å². The van der Waals surface area contributed by atoms with E-state index in [2.05, 4.69) is 5.32 Å². The first-order chi connectivity index (χ1) is 10.1. The number of benzene rings is 2. The van der Waals surface area contributed by atoms with Crippen molar-refractivity contribution in [1.29, 1.82) is 0 Å². The van der Waals surface area contributed by atoms with Crippen molar-refractivity contribution in [3.63, 3.8) is 0 Å². The summed E-state index contributed by atoms with van der Waals surface area (Å²) in [6.45, 7) is 0.591. The van der Waals surface area contributed by atoms with E-state index in [4.69, 9.17) is 17.3 Å². The summed E-state index contributed by atoms with van der Waals surface area (Å²) in [7, 11) is 0. The molecule has 0 aliphatic heterocycles. The number of carbonyl (C=O) groups excluding carboxylic acids is 1. The maximum Gasteiger partial charge on any atom is 0.244 e. The van der Waals surface area contributed by atoms with Crippen LogP contribution in [0.3, 0.4) is 0 Å². The van der Waals surface area contributed by atoms with Crippen LogP contribution in [-0.4, -0.2) is 12.5 Å². The summed E-state index contributed by atoms with van der Waals surface area (Å²) in [5.41, 5.74) is 8.45. The van der Waals surface area contributed by atoms with E-state index in [0.717, 1.165) is 23.2 Å². The number of anilines is 1. The van der Waals surface area contributed by atoms with Gasteiger partial charge in [0.25, 0.3) is 0 Å². The van der Waals surface area contributed by atoms with Crippen molar-refractivity contribution in [2.24, 2.45) is 0 Å². The van der Waals surface area contributed by atoms with Gasteiger partial charge in [0.2, 0.25) is 5.91 Å². The molecule has 0 heterocycles. The third-order valence-electron chi connectivity index (χ3n) is 2.99. The number of nitrogens with two attached hydrogens (primary N) is 1. The van der Waals surface area contributed by atoms with Gasteiger partial charge in [-0.25, -0.2) is 0 Å². The van der Waals surface area contributed by atoms with E-state index in [9.17, 15) is 4.79 Å². The van der Waals surface area contributed by atoms with Gasteiger partial charge < -0.3 is 11.1 Å². The minimum atomic E-state index is -0.111. The largest absolute Gasteiger partial charge is 0.399 e. The predicted molar refractivity (Wildman–Crippen MR) is 88.1 cm³/mol. The zero-order chi connectivity index (χ0) is 15.1. The fourth-order valence-corrected chi connectivity index (χ4v) is 1.95. The molecular weight excluding hydrogens is 284 g/mol. The Morgan fingerprint density at radius 1 is 1.10 bits per heavy atom. The summed E-state index contributed by atoms with van der Waals surface area (Å²) in [6.07, 6.45) is 4.06. The number of nitrogen functional groups attached to an aromatic ring is 1. The molecule has 4 heteroatoms. The highest BCUT2D eigenvalue weighted by Gasteiger charge is 1.97. The molecule has 0 saturated heterocycles. The van der Waals surface area contributed by atoms with E-state index in [1.807, 2.05) is 36.4 Å². The fraction of sp³-hybridized carbons (Fsp3) is 0.118. The van der Waals surface area contributed by atoms with Gasteiger partial charge in [-0.05, 0) is 47.9 Å². The van der Waals surface area contributed by atoms with Crippen LogP contribution in [0.2, 0.25) is 5.02 Å². The van der Waals surface area contributed by atoms with Crippen LogP contribution < -0.4 is 11.1 Å². The van der Waals surface area contributed by atoms with Gasteiger partial charge in [0.05, 0.1) is 0 Å². The number of nitrogens with one attached hydrogen (secondary N) is 1. The Bertz CT molecular complexity index is 618. The minimum Gasteiger partial charge on any atom is -0.399 e. The highest BCUT2D eigenvalue weighted by atomic mass is 35.5. The van der Waals surface area contributed by atoms with Crippen molar-refractivity contribution in [1.82, 2.24) is 5.32 Å². The molecule has 0 atom stereocenters. The lowest BCUT2D eigenvalue weighted by atomic mass is 10.1. The van der Waals surface area contributed by atoms with Crippen molar-refractivity contribution >= 4 is 29.3 Å². The zero-order valence-electron chi connectivity index (χ0n) is 11.6. The molecule has 1 amide bonds. The Morgan fingerprint density at radius 2 is 1.76 bits per heavy atom. The first-order valence-corrected chi connectivity index (χ1v) is 7.07. The van der Waals surface area contributed by atoms with Gasteiger partial charge in [0.15, 0.2) is 0 Å². The standard InChI is InChI=1S/C17H17ClN2O/c18-15-6-1-13(2-7-15)5-10-17(21)20-12-11-14-3-8-16(19)9-4-14/h1-10H,11-12,19H2,(H,20,21). The molecule has 2 rings (SSSR count). The van der Waals surface area contributed by atoms with Crippen molar-refractivity contribution in [3.05, 3.63) is 70.8 Å². The molecule has 3 nitrogen and oxygen atoms in total. The average molecular weight is 301 g/mol. The Morgan fingerprint density at radius 3 is 2.43 bits per heavy atom. The van der Waals surface area contributed by atoms with Crippen molar-refractivity contribution in [3.8, 4) is 0 Å². The van der Waals surface area contributed by atoms with E-state index in [1.165, 1.54) is 6.08 Å². The molecule has 0 unspecified atom stereocenters. The lowest BCUT2D eigenvalue weighted by Gasteiger charge is -2.03. The van der Waals surface area contributed by atoms with Crippen LogP contribution in [0.4, 0.5) is 5.69 Å². The first kappa shape index (κ1) is 15.1. The Kier molecular flexibility index (Phi) is 5.41. The average Bonchev–Trinajstić information content (AvgIpc) is 2.49. The molecule has 0 fully saturated rings. The molecule has 2 aromatic rings. The minimum absolute atomic E-state index is 0.111. The highest BCUT2D eigenvalue weighted by Crippen LogP contribution is 2.10. The van der Waals surface area contributed by atoms with Crippen LogP contribution >= 0.6 is 11.6 Å². The van der Waals surface area contributed by atoms with Crippen LogP contribution in [0.25, 0.3) is 6.08 Å².